The lowest BCUT2D eigenvalue weighted by atomic mass is 10.0. The van der Waals surface area contributed by atoms with Crippen molar-refractivity contribution >= 4 is 6.08 Å². The second-order valence-electron chi connectivity index (χ2n) is 3.11. The van der Waals surface area contributed by atoms with Gasteiger partial charge in [0.1, 0.15) is 0 Å². The molecule has 1 aromatic carbocycles. The predicted molar refractivity (Wildman–Crippen MR) is 58.9 cm³/mol. The van der Waals surface area contributed by atoms with Crippen LogP contribution in [-0.2, 0) is 0 Å². The molecule has 1 rings (SSSR count). The van der Waals surface area contributed by atoms with E-state index < -0.39 is 0 Å². The third kappa shape index (κ3) is 2.45. The fourth-order valence-corrected chi connectivity index (χ4v) is 1.29. The molecule has 2 nitrogen and oxygen atoms in total. The highest BCUT2D eigenvalue weighted by molar-refractivity contribution is 5.61. The minimum Gasteiger partial charge on any atom is -0.316 e. The Morgan fingerprint density at radius 3 is 2.93 bits per heavy atom. The molecule has 1 N–H and O–H groups in total. The van der Waals surface area contributed by atoms with E-state index >= 15 is 0 Å². The van der Waals surface area contributed by atoms with Gasteiger partial charge in [-0.15, -0.1) is 0 Å². The summed E-state index contributed by atoms with van der Waals surface area (Å²) in [4.78, 5) is 0. The van der Waals surface area contributed by atoms with E-state index in [1.165, 1.54) is 0 Å². The molecule has 0 fully saturated rings. The monoisotopic (exact) mass is 186 g/mol. The lowest BCUT2D eigenvalue weighted by Gasteiger charge is -2.01. The highest BCUT2D eigenvalue weighted by Gasteiger charge is 1.99. The standard InChI is InChI=1S/C12H14N2/c1-10-5-3-6-11(9-13)12(10)7-4-8-14-2/h3-7,14H,8H2,1-2H3. The van der Waals surface area contributed by atoms with Crippen LogP contribution in [0, 0.1) is 18.3 Å². The van der Waals surface area contributed by atoms with E-state index in [0.29, 0.717) is 0 Å². The highest BCUT2D eigenvalue weighted by atomic mass is 14.8. The molecule has 0 aliphatic heterocycles. The first-order valence-corrected chi connectivity index (χ1v) is 4.60. The number of nitrogens with zero attached hydrogens (tertiary/aromatic N) is 1. The Bertz CT molecular complexity index is 372. The topological polar surface area (TPSA) is 35.8 Å². The summed E-state index contributed by atoms with van der Waals surface area (Å²) in [6, 6.07) is 7.95. The second-order valence-corrected chi connectivity index (χ2v) is 3.11. The minimum atomic E-state index is 0.734. The molecule has 0 aliphatic rings. The smallest absolute Gasteiger partial charge is 0.0998 e. The quantitative estimate of drug-likeness (QED) is 0.784. The van der Waals surface area contributed by atoms with Crippen molar-refractivity contribution in [2.24, 2.45) is 0 Å². The Hall–Kier alpha value is -1.59. The van der Waals surface area contributed by atoms with Crippen molar-refractivity contribution in [3.05, 3.63) is 41.0 Å². The van der Waals surface area contributed by atoms with Crippen molar-refractivity contribution in [2.75, 3.05) is 13.6 Å². The average Bonchev–Trinajstić information content (AvgIpc) is 2.20. The first-order valence-electron chi connectivity index (χ1n) is 4.60. The Morgan fingerprint density at radius 2 is 2.29 bits per heavy atom. The van der Waals surface area contributed by atoms with Gasteiger partial charge in [0, 0.05) is 6.54 Å². The summed E-state index contributed by atoms with van der Waals surface area (Å²) in [5, 5.41) is 11.9. The van der Waals surface area contributed by atoms with E-state index in [4.69, 9.17) is 5.26 Å². The number of nitriles is 1. The molecule has 1 aromatic rings. The van der Waals surface area contributed by atoms with E-state index in [-0.39, 0.29) is 0 Å². The molecule has 0 spiro atoms. The second kappa shape index (κ2) is 5.21. The highest BCUT2D eigenvalue weighted by Crippen LogP contribution is 2.14. The molecular formula is C12H14N2. The van der Waals surface area contributed by atoms with Gasteiger partial charge < -0.3 is 5.32 Å². The van der Waals surface area contributed by atoms with Crippen molar-refractivity contribution in [1.82, 2.24) is 5.32 Å². The van der Waals surface area contributed by atoms with Crippen molar-refractivity contribution in [3.8, 4) is 6.07 Å². The van der Waals surface area contributed by atoms with Crippen LogP contribution in [0.15, 0.2) is 24.3 Å². The maximum Gasteiger partial charge on any atom is 0.0998 e. The first kappa shape index (κ1) is 10.5. The van der Waals surface area contributed by atoms with Gasteiger partial charge in [0.15, 0.2) is 0 Å². The van der Waals surface area contributed by atoms with Gasteiger partial charge in [-0.25, -0.2) is 0 Å². The molecular weight excluding hydrogens is 172 g/mol. The Morgan fingerprint density at radius 1 is 1.50 bits per heavy atom. The number of hydrogen-bond donors (Lipinski definition) is 1. The van der Waals surface area contributed by atoms with E-state index in [0.717, 1.165) is 23.2 Å². The largest absolute Gasteiger partial charge is 0.316 e. The molecule has 0 amide bonds. The van der Waals surface area contributed by atoms with E-state index in [1.54, 1.807) is 0 Å². The summed E-state index contributed by atoms with van der Waals surface area (Å²) >= 11 is 0. The summed E-state index contributed by atoms with van der Waals surface area (Å²) < 4.78 is 0. The SMILES string of the molecule is CNCC=Cc1c(C)cccc1C#N. The van der Waals surface area contributed by atoms with Crippen LogP contribution in [0.5, 0.6) is 0 Å². The molecule has 0 radical (unpaired) electrons. The van der Waals surface area contributed by atoms with Crippen LogP contribution >= 0.6 is 0 Å². The van der Waals surface area contributed by atoms with E-state index in [1.807, 2.05) is 44.3 Å². The molecule has 2 heteroatoms. The Labute approximate surface area is 84.9 Å². The number of hydrogen-bond acceptors (Lipinski definition) is 2. The number of benzene rings is 1. The number of likely N-dealkylation sites (N-methyl/N-ethyl adjacent to an activating group) is 1. The number of rotatable bonds is 3. The molecule has 0 atom stereocenters. The maximum atomic E-state index is 8.90. The summed E-state index contributed by atoms with van der Waals surface area (Å²) in [6.07, 6.45) is 4.01. The average molecular weight is 186 g/mol. The minimum absolute atomic E-state index is 0.734. The van der Waals surface area contributed by atoms with Crippen LogP contribution in [0.3, 0.4) is 0 Å². The fraction of sp³-hybridized carbons (Fsp3) is 0.250. The van der Waals surface area contributed by atoms with Crippen molar-refractivity contribution in [2.45, 2.75) is 6.92 Å². The summed E-state index contributed by atoms with van der Waals surface area (Å²) in [7, 11) is 1.90. The molecule has 0 saturated carbocycles. The zero-order valence-electron chi connectivity index (χ0n) is 8.54. The summed E-state index contributed by atoms with van der Waals surface area (Å²) in [5.41, 5.74) is 2.89. The summed E-state index contributed by atoms with van der Waals surface area (Å²) in [6.45, 7) is 2.83. The Balaban J connectivity index is 3.00. The van der Waals surface area contributed by atoms with Crippen LogP contribution in [0.2, 0.25) is 0 Å². The molecule has 0 aromatic heterocycles. The van der Waals surface area contributed by atoms with Crippen LogP contribution in [0.4, 0.5) is 0 Å². The third-order valence-corrected chi connectivity index (χ3v) is 2.05. The molecule has 0 unspecified atom stereocenters. The van der Waals surface area contributed by atoms with Gasteiger partial charge in [-0.05, 0) is 31.2 Å². The van der Waals surface area contributed by atoms with Crippen molar-refractivity contribution < 1.29 is 0 Å². The Kier molecular flexibility index (Phi) is 3.90. The predicted octanol–water partition coefficient (Wildman–Crippen LogP) is 2.10. The number of aryl methyl sites for hydroxylation is 1. The van der Waals surface area contributed by atoms with Gasteiger partial charge in [-0.2, -0.15) is 5.26 Å². The van der Waals surface area contributed by atoms with E-state index in [2.05, 4.69) is 11.4 Å². The van der Waals surface area contributed by atoms with Gasteiger partial charge in [-0.1, -0.05) is 24.3 Å². The lowest BCUT2D eigenvalue weighted by molar-refractivity contribution is 0.922. The molecule has 14 heavy (non-hydrogen) atoms. The van der Waals surface area contributed by atoms with E-state index in [9.17, 15) is 0 Å². The number of nitrogens with one attached hydrogen (secondary N) is 1. The van der Waals surface area contributed by atoms with Gasteiger partial charge in [0.2, 0.25) is 0 Å². The third-order valence-electron chi connectivity index (χ3n) is 2.05. The van der Waals surface area contributed by atoms with Crippen LogP contribution in [0.25, 0.3) is 6.08 Å². The van der Waals surface area contributed by atoms with Gasteiger partial charge in [-0.3, -0.25) is 0 Å². The van der Waals surface area contributed by atoms with Crippen molar-refractivity contribution in [1.29, 1.82) is 5.26 Å². The normalized spacial score (nSPS) is 10.4. The summed E-state index contributed by atoms with van der Waals surface area (Å²) in [5.74, 6) is 0. The van der Waals surface area contributed by atoms with Gasteiger partial charge >= 0.3 is 0 Å². The first-order chi connectivity index (χ1) is 6.79. The lowest BCUT2D eigenvalue weighted by Crippen LogP contribution is -2.03. The van der Waals surface area contributed by atoms with Crippen LogP contribution in [-0.4, -0.2) is 13.6 Å². The van der Waals surface area contributed by atoms with Crippen LogP contribution < -0.4 is 5.32 Å². The fourth-order valence-electron chi connectivity index (χ4n) is 1.29. The molecule has 72 valence electrons. The van der Waals surface area contributed by atoms with Gasteiger partial charge in [0.05, 0.1) is 11.6 Å². The van der Waals surface area contributed by atoms with Gasteiger partial charge in [0.25, 0.3) is 0 Å². The molecule has 0 bridgehead atoms. The maximum absolute atomic E-state index is 8.90. The van der Waals surface area contributed by atoms with Crippen LogP contribution in [0.1, 0.15) is 16.7 Å². The zero-order valence-corrected chi connectivity index (χ0v) is 8.54. The molecule has 0 aliphatic carbocycles. The molecule has 0 heterocycles. The molecule has 0 saturated heterocycles. The zero-order chi connectivity index (χ0) is 10.4. The van der Waals surface area contributed by atoms with Crippen molar-refractivity contribution in [3.63, 3.8) is 0 Å².